The number of nitrogens with two attached hydrogens (primary N) is 1. The molecule has 1 aromatic carbocycles. The number of anilines is 2. The Morgan fingerprint density at radius 2 is 1.80 bits per heavy atom. The molecule has 0 aliphatic heterocycles. The number of nitrogen functional groups attached to an aromatic ring is 1. The Morgan fingerprint density at radius 1 is 1.00 bits per heavy atom. The van der Waals surface area contributed by atoms with E-state index in [2.05, 4.69) is 15.3 Å². The minimum absolute atomic E-state index is 0.277. The Kier molecular flexibility index (Phi) is 3.87. The highest BCUT2D eigenvalue weighted by molar-refractivity contribution is 7.21. The van der Waals surface area contributed by atoms with Gasteiger partial charge in [0, 0.05) is 17.1 Å². The predicted octanol–water partition coefficient (Wildman–Crippen LogP) is 4.19. The topological polar surface area (TPSA) is 80.9 Å². The molecule has 0 bridgehead atoms. The highest BCUT2D eigenvalue weighted by Gasteiger charge is 2.18. The second-order valence-electron chi connectivity index (χ2n) is 5.43. The van der Waals surface area contributed by atoms with Crippen LogP contribution in [0.2, 0.25) is 0 Å². The molecule has 4 rings (SSSR count). The summed E-state index contributed by atoms with van der Waals surface area (Å²) in [7, 11) is 0. The number of amides is 1. The molecule has 0 radical (unpaired) electrons. The third-order valence-electron chi connectivity index (χ3n) is 3.78. The molecule has 122 valence electrons. The fourth-order valence-corrected chi connectivity index (χ4v) is 3.53. The molecule has 25 heavy (non-hydrogen) atoms. The van der Waals surface area contributed by atoms with Crippen molar-refractivity contribution in [2.75, 3.05) is 11.1 Å². The van der Waals surface area contributed by atoms with Crippen molar-refractivity contribution in [3.8, 4) is 11.3 Å². The van der Waals surface area contributed by atoms with E-state index in [9.17, 15) is 4.79 Å². The predicted molar refractivity (Wildman–Crippen MR) is 102 cm³/mol. The van der Waals surface area contributed by atoms with Gasteiger partial charge < -0.3 is 11.1 Å². The summed E-state index contributed by atoms with van der Waals surface area (Å²) >= 11 is 1.28. The van der Waals surface area contributed by atoms with E-state index in [1.165, 1.54) is 11.3 Å². The smallest absolute Gasteiger partial charge is 0.269 e. The molecule has 4 aromatic rings. The third-order valence-corrected chi connectivity index (χ3v) is 4.89. The molecule has 0 saturated carbocycles. The normalized spacial score (nSPS) is 10.7. The highest BCUT2D eigenvalue weighted by Crippen LogP contribution is 2.34. The second-order valence-corrected chi connectivity index (χ2v) is 6.43. The number of thiophene rings is 1. The molecule has 6 heteroatoms. The molecule has 3 aromatic heterocycles. The first-order valence-electron chi connectivity index (χ1n) is 7.69. The van der Waals surface area contributed by atoms with Gasteiger partial charge in [-0.1, -0.05) is 36.4 Å². The van der Waals surface area contributed by atoms with Crippen molar-refractivity contribution in [3.05, 3.63) is 71.7 Å². The first-order chi connectivity index (χ1) is 12.2. The van der Waals surface area contributed by atoms with Crippen LogP contribution in [0.15, 0.2) is 66.9 Å². The minimum atomic E-state index is -0.277. The number of carbonyl (C=O) groups excluding carboxylic acids is 1. The number of nitrogens with one attached hydrogen (secondary N) is 1. The van der Waals surface area contributed by atoms with Crippen LogP contribution in [0.1, 0.15) is 9.67 Å². The van der Waals surface area contributed by atoms with Gasteiger partial charge in [0.15, 0.2) is 0 Å². The van der Waals surface area contributed by atoms with Crippen LogP contribution >= 0.6 is 11.3 Å². The SMILES string of the molecule is Nc1c(C(=O)Nc2ccccn2)sc2nc(-c3ccccc3)ccc12. The second kappa shape index (κ2) is 6.33. The summed E-state index contributed by atoms with van der Waals surface area (Å²) in [4.78, 5) is 22.5. The standard InChI is InChI=1S/C19H14N4OS/c20-16-13-9-10-14(12-6-2-1-3-7-12)22-19(13)25-17(16)18(24)23-15-8-4-5-11-21-15/h1-11H,20H2,(H,21,23,24). The highest BCUT2D eigenvalue weighted by atomic mass is 32.1. The zero-order chi connectivity index (χ0) is 17.2. The molecule has 0 saturated heterocycles. The van der Waals surface area contributed by atoms with Crippen molar-refractivity contribution < 1.29 is 4.79 Å². The summed E-state index contributed by atoms with van der Waals surface area (Å²) in [6.07, 6.45) is 1.62. The number of hydrogen-bond acceptors (Lipinski definition) is 5. The monoisotopic (exact) mass is 346 g/mol. The van der Waals surface area contributed by atoms with Crippen LogP contribution in [-0.2, 0) is 0 Å². The van der Waals surface area contributed by atoms with Crippen LogP contribution in [-0.4, -0.2) is 15.9 Å². The first-order valence-corrected chi connectivity index (χ1v) is 8.51. The van der Waals surface area contributed by atoms with Gasteiger partial charge >= 0.3 is 0 Å². The van der Waals surface area contributed by atoms with Gasteiger partial charge in [-0.15, -0.1) is 11.3 Å². The average molecular weight is 346 g/mol. The molecule has 0 atom stereocenters. The van der Waals surface area contributed by atoms with Gasteiger partial charge in [0.05, 0.1) is 11.4 Å². The van der Waals surface area contributed by atoms with Crippen LogP contribution in [0, 0.1) is 0 Å². The van der Waals surface area contributed by atoms with E-state index in [0.29, 0.717) is 16.4 Å². The van der Waals surface area contributed by atoms with Crippen LogP contribution in [0.5, 0.6) is 0 Å². The zero-order valence-corrected chi connectivity index (χ0v) is 14.0. The summed E-state index contributed by atoms with van der Waals surface area (Å²) < 4.78 is 0. The molecule has 3 heterocycles. The van der Waals surface area contributed by atoms with E-state index in [1.807, 2.05) is 48.5 Å². The van der Waals surface area contributed by atoms with Crippen LogP contribution in [0.3, 0.4) is 0 Å². The molecule has 0 unspecified atom stereocenters. The van der Waals surface area contributed by atoms with Crippen molar-refractivity contribution in [2.45, 2.75) is 0 Å². The van der Waals surface area contributed by atoms with E-state index in [1.54, 1.807) is 18.3 Å². The number of aromatic nitrogens is 2. The molecule has 5 nitrogen and oxygen atoms in total. The molecular weight excluding hydrogens is 332 g/mol. The first kappa shape index (κ1) is 15.3. The van der Waals surface area contributed by atoms with E-state index >= 15 is 0 Å². The molecular formula is C19H14N4OS. The lowest BCUT2D eigenvalue weighted by Crippen LogP contribution is -2.12. The van der Waals surface area contributed by atoms with Crippen molar-refractivity contribution >= 4 is 39.0 Å². The largest absolute Gasteiger partial charge is 0.397 e. The van der Waals surface area contributed by atoms with E-state index in [-0.39, 0.29) is 5.91 Å². The van der Waals surface area contributed by atoms with E-state index < -0.39 is 0 Å². The lowest BCUT2D eigenvalue weighted by molar-refractivity contribution is 0.103. The lowest BCUT2D eigenvalue weighted by atomic mass is 10.1. The van der Waals surface area contributed by atoms with E-state index in [0.717, 1.165) is 21.5 Å². The Labute approximate surface area is 148 Å². The van der Waals surface area contributed by atoms with Crippen molar-refractivity contribution in [1.82, 2.24) is 9.97 Å². The van der Waals surface area contributed by atoms with Crippen LogP contribution in [0.4, 0.5) is 11.5 Å². The van der Waals surface area contributed by atoms with Gasteiger partial charge in [-0.25, -0.2) is 9.97 Å². The van der Waals surface area contributed by atoms with Crippen molar-refractivity contribution in [3.63, 3.8) is 0 Å². The number of rotatable bonds is 3. The molecule has 3 N–H and O–H groups in total. The van der Waals surface area contributed by atoms with Gasteiger partial charge in [0.1, 0.15) is 15.5 Å². The summed E-state index contributed by atoms with van der Waals surface area (Å²) in [5, 5.41) is 3.55. The maximum atomic E-state index is 12.5. The van der Waals surface area contributed by atoms with Gasteiger partial charge in [0.25, 0.3) is 5.91 Å². The molecule has 0 aliphatic rings. The lowest BCUT2D eigenvalue weighted by Gasteiger charge is -2.02. The summed E-state index contributed by atoms with van der Waals surface area (Å²) in [5.41, 5.74) is 8.49. The van der Waals surface area contributed by atoms with Gasteiger partial charge in [-0.2, -0.15) is 0 Å². The van der Waals surface area contributed by atoms with Crippen molar-refractivity contribution in [1.29, 1.82) is 0 Å². The minimum Gasteiger partial charge on any atom is -0.397 e. The zero-order valence-electron chi connectivity index (χ0n) is 13.1. The fourth-order valence-electron chi connectivity index (χ4n) is 2.55. The van der Waals surface area contributed by atoms with Crippen molar-refractivity contribution in [2.24, 2.45) is 0 Å². The third kappa shape index (κ3) is 2.95. The maximum absolute atomic E-state index is 12.5. The Hall–Kier alpha value is -3.25. The van der Waals surface area contributed by atoms with E-state index in [4.69, 9.17) is 5.73 Å². The number of benzene rings is 1. The molecule has 0 spiro atoms. The molecule has 0 fully saturated rings. The summed E-state index contributed by atoms with van der Waals surface area (Å²) in [6.45, 7) is 0. The molecule has 0 aliphatic carbocycles. The number of carbonyl (C=O) groups is 1. The van der Waals surface area contributed by atoms with Gasteiger partial charge in [-0.05, 0) is 24.3 Å². The summed E-state index contributed by atoms with van der Waals surface area (Å²) in [5.74, 6) is 0.211. The average Bonchev–Trinajstić information content (AvgIpc) is 2.99. The number of hydrogen-bond donors (Lipinski definition) is 2. The maximum Gasteiger partial charge on any atom is 0.269 e. The number of fused-ring (bicyclic) bond motifs is 1. The quantitative estimate of drug-likeness (QED) is 0.583. The Morgan fingerprint density at radius 3 is 2.56 bits per heavy atom. The molecule has 1 amide bonds. The van der Waals surface area contributed by atoms with Crippen LogP contribution < -0.4 is 11.1 Å². The summed E-state index contributed by atoms with van der Waals surface area (Å²) in [6, 6.07) is 19.1. The van der Waals surface area contributed by atoms with Crippen LogP contribution in [0.25, 0.3) is 21.5 Å². The fraction of sp³-hybridized carbons (Fsp3) is 0. The Balaban J connectivity index is 1.71. The number of nitrogens with zero attached hydrogens (tertiary/aromatic N) is 2. The number of pyridine rings is 2. The Bertz CT molecular complexity index is 1050. The van der Waals surface area contributed by atoms with Gasteiger partial charge in [0.2, 0.25) is 0 Å². The van der Waals surface area contributed by atoms with Gasteiger partial charge in [-0.3, -0.25) is 4.79 Å².